The van der Waals surface area contributed by atoms with Crippen molar-refractivity contribution >= 4 is 11.8 Å². The maximum absolute atomic E-state index is 5.79. The molecule has 3 heteroatoms. The van der Waals surface area contributed by atoms with Gasteiger partial charge in [0.1, 0.15) is 0 Å². The Balaban J connectivity index is 2.45. The largest absolute Gasteiger partial charge is 0.351 e. The molecule has 0 radical (unpaired) electrons. The molecule has 80 valence electrons. The molecule has 0 aliphatic carbocycles. The minimum atomic E-state index is 0.252. The lowest BCUT2D eigenvalue weighted by atomic mass is 10.2. The Morgan fingerprint density at radius 2 is 2.36 bits per heavy atom. The quantitative estimate of drug-likeness (QED) is 0.732. The van der Waals surface area contributed by atoms with Crippen LogP contribution in [0.5, 0.6) is 0 Å². The van der Waals surface area contributed by atoms with Gasteiger partial charge in [-0.3, -0.25) is 0 Å². The Morgan fingerprint density at radius 1 is 1.57 bits per heavy atom. The Labute approximate surface area is 90.9 Å². The first-order valence-corrected chi connectivity index (χ1v) is 6.37. The van der Waals surface area contributed by atoms with E-state index in [4.69, 9.17) is 5.73 Å². The second kappa shape index (κ2) is 6.14. The molecule has 0 saturated carbocycles. The molecule has 0 fully saturated rings. The fourth-order valence-corrected chi connectivity index (χ4v) is 2.10. The van der Waals surface area contributed by atoms with Gasteiger partial charge in [-0.25, -0.2) is 0 Å². The van der Waals surface area contributed by atoms with Gasteiger partial charge in [-0.1, -0.05) is 6.92 Å². The third kappa shape index (κ3) is 3.76. The third-order valence-electron chi connectivity index (χ3n) is 2.14. The van der Waals surface area contributed by atoms with Crippen molar-refractivity contribution in [1.82, 2.24) is 4.57 Å². The number of nitrogens with zero attached hydrogens (tertiary/aromatic N) is 1. The summed E-state index contributed by atoms with van der Waals surface area (Å²) in [6.07, 6.45) is 3.12. The van der Waals surface area contributed by atoms with Gasteiger partial charge in [0.15, 0.2) is 0 Å². The Hall–Kier alpha value is -0.410. The number of thioether (sulfide) groups is 1. The van der Waals surface area contributed by atoms with Crippen LogP contribution in [0.25, 0.3) is 0 Å². The summed E-state index contributed by atoms with van der Waals surface area (Å²) in [5.74, 6) is 2.39. The molecule has 1 unspecified atom stereocenters. The number of rotatable bonds is 6. The van der Waals surface area contributed by atoms with E-state index in [9.17, 15) is 0 Å². The van der Waals surface area contributed by atoms with Crippen LogP contribution in [0.2, 0.25) is 0 Å². The van der Waals surface area contributed by atoms with Gasteiger partial charge in [0.05, 0.1) is 0 Å². The molecule has 1 rings (SSSR count). The highest BCUT2D eigenvalue weighted by molar-refractivity contribution is 7.99. The maximum atomic E-state index is 5.79. The lowest BCUT2D eigenvalue weighted by Crippen LogP contribution is -2.20. The molecule has 0 amide bonds. The number of hydrogen-bond acceptors (Lipinski definition) is 2. The summed E-state index contributed by atoms with van der Waals surface area (Å²) in [6.45, 7) is 5.36. The monoisotopic (exact) mass is 212 g/mol. The maximum Gasteiger partial charge on any atom is 0.0313 e. The average molecular weight is 212 g/mol. The van der Waals surface area contributed by atoms with Crippen molar-refractivity contribution in [2.24, 2.45) is 5.73 Å². The highest BCUT2D eigenvalue weighted by Crippen LogP contribution is 2.07. The normalized spacial score (nSPS) is 13.1. The summed E-state index contributed by atoms with van der Waals surface area (Å²) >= 11 is 1.98. The van der Waals surface area contributed by atoms with Gasteiger partial charge < -0.3 is 10.3 Å². The zero-order valence-electron chi connectivity index (χ0n) is 9.07. The van der Waals surface area contributed by atoms with Crippen LogP contribution < -0.4 is 5.73 Å². The van der Waals surface area contributed by atoms with Crippen molar-refractivity contribution in [3.63, 3.8) is 0 Å². The van der Waals surface area contributed by atoms with Crippen molar-refractivity contribution < 1.29 is 0 Å². The van der Waals surface area contributed by atoms with Crippen LogP contribution in [0.15, 0.2) is 18.3 Å². The van der Waals surface area contributed by atoms with Crippen molar-refractivity contribution in [3.8, 4) is 0 Å². The van der Waals surface area contributed by atoms with Gasteiger partial charge in [-0.05, 0) is 24.8 Å². The zero-order valence-corrected chi connectivity index (χ0v) is 9.89. The molecule has 0 saturated heterocycles. The first-order valence-electron chi connectivity index (χ1n) is 5.21. The molecular formula is C11H20N2S. The smallest absolute Gasteiger partial charge is 0.0313 e. The van der Waals surface area contributed by atoms with Gasteiger partial charge in [0.2, 0.25) is 0 Å². The third-order valence-corrected chi connectivity index (χ3v) is 3.01. The van der Waals surface area contributed by atoms with E-state index in [0.29, 0.717) is 0 Å². The highest BCUT2D eigenvalue weighted by Gasteiger charge is 2.02. The molecular weight excluding hydrogens is 192 g/mol. The molecule has 0 aromatic carbocycles. The molecule has 0 bridgehead atoms. The van der Waals surface area contributed by atoms with E-state index in [1.165, 1.54) is 17.2 Å². The van der Waals surface area contributed by atoms with Gasteiger partial charge in [0, 0.05) is 36.7 Å². The van der Waals surface area contributed by atoms with Crippen LogP contribution in [-0.4, -0.2) is 22.1 Å². The van der Waals surface area contributed by atoms with Crippen LogP contribution in [0.1, 0.15) is 19.5 Å². The van der Waals surface area contributed by atoms with E-state index in [2.05, 4.69) is 36.7 Å². The predicted molar refractivity (Wildman–Crippen MR) is 64.8 cm³/mol. The number of nitrogens with two attached hydrogens (primary N) is 1. The van der Waals surface area contributed by atoms with Crippen molar-refractivity contribution in [1.29, 1.82) is 0 Å². The molecule has 1 aromatic heterocycles. The number of aromatic nitrogens is 1. The summed E-state index contributed by atoms with van der Waals surface area (Å²) in [6, 6.07) is 4.52. The average Bonchev–Trinajstić information content (AvgIpc) is 2.52. The molecule has 0 aliphatic heterocycles. The minimum Gasteiger partial charge on any atom is -0.351 e. The lowest BCUT2D eigenvalue weighted by Gasteiger charge is -2.10. The summed E-state index contributed by atoms with van der Waals surface area (Å²) < 4.78 is 2.31. The van der Waals surface area contributed by atoms with Gasteiger partial charge in [-0.15, -0.1) is 0 Å². The van der Waals surface area contributed by atoms with Crippen LogP contribution in [0.4, 0.5) is 0 Å². The van der Waals surface area contributed by atoms with E-state index in [0.717, 1.165) is 13.0 Å². The predicted octanol–water partition coefficient (Wildman–Crippen LogP) is 2.13. The second-order valence-corrected chi connectivity index (χ2v) is 4.97. The van der Waals surface area contributed by atoms with Gasteiger partial charge in [-0.2, -0.15) is 11.8 Å². The van der Waals surface area contributed by atoms with Crippen LogP contribution >= 0.6 is 11.8 Å². The molecule has 1 heterocycles. The molecule has 2 N–H and O–H groups in total. The van der Waals surface area contributed by atoms with E-state index in [-0.39, 0.29) is 6.04 Å². The molecule has 1 aromatic rings. The first-order chi connectivity index (χ1) is 6.74. The van der Waals surface area contributed by atoms with Gasteiger partial charge >= 0.3 is 0 Å². The Bertz CT molecular complexity index is 256. The van der Waals surface area contributed by atoms with Crippen molar-refractivity contribution in [3.05, 3.63) is 24.0 Å². The van der Waals surface area contributed by atoms with Crippen molar-refractivity contribution in [2.45, 2.75) is 32.9 Å². The van der Waals surface area contributed by atoms with E-state index < -0.39 is 0 Å². The Kier molecular flexibility index (Phi) is 5.12. The number of hydrogen-bond donors (Lipinski definition) is 1. The summed E-state index contributed by atoms with van der Waals surface area (Å²) in [5, 5.41) is 0. The van der Waals surface area contributed by atoms with E-state index in [1.54, 1.807) is 0 Å². The summed E-state index contributed by atoms with van der Waals surface area (Å²) in [5.41, 5.74) is 7.15. The lowest BCUT2D eigenvalue weighted by molar-refractivity contribution is 0.657. The van der Waals surface area contributed by atoms with Crippen LogP contribution in [0, 0.1) is 0 Å². The summed E-state index contributed by atoms with van der Waals surface area (Å²) in [4.78, 5) is 0. The first kappa shape index (κ1) is 11.7. The fourth-order valence-electron chi connectivity index (χ4n) is 1.49. The zero-order chi connectivity index (χ0) is 10.4. The fraction of sp³-hybridized carbons (Fsp3) is 0.636. The standard InChI is InChI=1S/C11H20N2S/c1-3-14-8-7-13-6-4-5-11(13)9-10(2)12/h4-6,10H,3,7-9,12H2,1-2H3. The second-order valence-electron chi connectivity index (χ2n) is 3.57. The topological polar surface area (TPSA) is 30.9 Å². The van der Waals surface area contributed by atoms with Crippen LogP contribution in [0.3, 0.4) is 0 Å². The van der Waals surface area contributed by atoms with E-state index >= 15 is 0 Å². The SMILES string of the molecule is CCSCCn1cccc1CC(C)N. The van der Waals surface area contributed by atoms with Crippen LogP contribution in [-0.2, 0) is 13.0 Å². The molecule has 2 nitrogen and oxygen atoms in total. The van der Waals surface area contributed by atoms with E-state index in [1.807, 2.05) is 11.8 Å². The molecule has 1 atom stereocenters. The Morgan fingerprint density at radius 3 is 3.00 bits per heavy atom. The number of aryl methyl sites for hydroxylation is 1. The van der Waals surface area contributed by atoms with Gasteiger partial charge in [0.25, 0.3) is 0 Å². The van der Waals surface area contributed by atoms with Crippen molar-refractivity contribution in [2.75, 3.05) is 11.5 Å². The summed E-state index contributed by atoms with van der Waals surface area (Å²) in [7, 11) is 0. The highest BCUT2D eigenvalue weighted by atomic mass is 32.2. The molecule has 14 heavy (non-hydrogen) atoms. The molecule has 0 aliphatic rings. The molecule has 0 spiro atoms. The minimum absolute atomic E-state index is 0.252.